The lowest BCUT2D eigenvalue weighted by Crippen LogP contribution is -1.95. The molecule has 0 aliphatic heterocycles. The summed E-state index contributed by atoms with van der Waals surface area (Å²) in [5.74, 6) is 0. The van der Waals surface area contributed by atoms with Crippen molar-refractivity contribution in [3.63, 3.8) is 0 Å². The van der Waals surface area contributed by atoms with E-state index in [0.29, 0.717) is 0 Å². The first-order valence-corrected chi connectivity index (χ1v) is 3.91. The van der Waals surface area contributed by atoms with Crippen LogP contribution in [-0.4, -0.2) is 10.9 Å². The molecule has 0 bridgehead atoms. The van der Waals surface area contributed by atoms with Crippen LogP contribution < -0.4 is 5.73 Å². The van der Waals surface area contributed by atoms with Gasteiger partial charge in [0.2, 0.25) is 0 Å². The van der Waals surface area contributed by atoms with E-state index in [1.54, 1.807) is 0 Å². The molecular weight excluding hydrogens is 152 g/mol. The number of aryl methyl sites for hydroxylation is 1. The molecule has 1 aliphatic carbocycles. The molecule has 3 heteroatoms. The Bertz CT molecular complexity index is 344. The van der Waals surface area contributed by atoms with Gasteiger partial charge in [-0.15, -0.1) is 0 Å². The molecule has 3 N–H and O–H groups in total. The van der Waals surface area contributed by atoms with Gasteiger partial charge in [0.15, 0.2) is 0 Å². The minimum atomic E-state index is 0.719. The van der Waals surface area contributed by atoms with Crippen molar-refractivity contribution in [2.24, 2.45) is 5.16 Å². The van der Waals surface area contributed by atoms with Crippen molar-refractivity contribution < 1.29 is 5.21 Å². The van der Waals surface area contributed by atoms with Gasteiger partial charge in [-0.25, -0.2) is 0 Å². The van der Waals surface area contributed by atoms with Gasteiger partial charge < -0.3 is 10.9 Å². The van der Waals surface area contributed by atoms with Gasteiger partial charge in [-0.1, -0.05) is 11.2 Å². The van der Waals surface area contributed by atoms with Crippen LogP contribution in [0, 0.1) is 0 Å². The standard InChI is InChI=1S/C9H10N2O/c10-7-3-1-6-2-4-9(11-12)8(6)5-7/h1,3,5,12H,2,4,10H2/b11-9+. The summed E-state index contributed by atoms with van der Waals surface area (Å²) in [4.78, 5) is 0. The smallest absolute Gasteiger partial charge is 0.0874 e. The fourth-order valence-corrected chi connectivity index (χ4v) is 1.57. The van der Waals surface area contributed by atoms with Gasteiger partial charge in [-0.05, 0) is 30.5 Å². The number of benzene rings is 1. The summed E-state index contributed by atoms with van der Waals surface area (Å²) in [6.45, 7) is 0. The SMILES string of the molecule is Nc1ccc2c(c1)/C(=N/O)CC2. The summed E-state index contributed by atoms with van der Waals surface area (Å²) < 4.78 is 0. The molecule has 1 aromatic rings. The monoisotopic (exact) mass is 162 g/mol. The summed E-state index contributed by atoms with van der Waals surface area (Å²) >= 11 is 0. The summed E-state index contributed by atoms with van der Waals surface area (Å²) in [6, 6.07) is 5.72. The highest BCUT2D eigenvalue weighted by Gasteiger charge is 2.17. The second kappa shape index (κ2) is 2.52. The zero-order valence-electron chi connectivity index (χ0n) is 6.62. The maximum atomic E-state index is 8.65. The van der Waals surface area contributed by atoms with Crippen LogP contribution in [0.15, 0.2) is 23.4 Å². The van der Waals surface area contributed by atoms with Crippen LogP contribution in [0.1, 0.15) is 17.5 Å². The molecule has 0 heterocycles. The number of nitrogens with two attached hydrogens (primary N) is 1. The van der Waals surface area contributed by atoms with Crippen LogP contribution in [0.25, 0.3) is 0 Å². The normalized spacial score (nSPS) is 18.2. The average molecular weight is 162 g/mol. The molecule has 0 saturated heterocycles. The fourth-order valence-electron chi connectivity index (χ4n) is 1.57. The molecule has 62 valence electrons. The first kappa shape index (κ1) is 7.16. The zero-order valence-corrected chi connectivity index (χ0v) is 6.62. The average Bonchev–Trinajstić information content (AvgIpc) is 2.46. The maximum absolute atomic E-state index is 8.65. The Morgan fingerprint density at radius 2 is 2.17 bits per heavy atom. The Labute approximate surface area is 70.5 Å². The topological polar surface area (TPSA) is 58.6 Å². The lowest BCUT2D eigenvalue weighted by atomic mass is 10.1. The Morgan fingerprint density at radius 1 is 1.33 bits per heavy atom. The van der Waals surface area contributed by atoms with Crippen molar-refractivity contribution in [1.29, 1.82) is 0 Å². The van der Waals surface area contributed by atoms with Crippen molar-refractivity contribution in [3.05, 3.63) is 29.3 Å². The van der Waals surface area contributed by atoms with Crippen LogP contribution in [0.3, 0.4) is 0 Å². The molecule has 0 atom stereocenters. The third kappa shape index (κ3) is 0.942. The van der Waals surface area contributed by atoms with Crippen molar-refractivity contribution in [1.82, 2.24) is 0 Å². The number of fused-ring (bicyclic) bond motifs is 1. The van der Waals surface area contributed by atoms with E-state index in [2.05, 4.69) is 5.16 Å². The Kier molecular flexibility index (Phi) is 1.50. The number of rotatable bonds is 0. The highest BCUT2D eigenvalue weighted by Crippen LogP contribution is 2.24. The van der Waals surface area contributed by atoms with Crippen LogP contribution in [0.5, 0.6) is 0 Å². The van der Waals surface area contributed by atoms with Gasteiger partial charge in [-0.3, -0.25) is 0 Å². The van der Waals surface area contributed by atoms with Gasteiger partial charge in [-0.2, -0.15) is 0 Å². The largest absolute Gasteiger partial charge is 0.411 e. The molecule has 0 radical (unpaired) electrons. The van der Waals surface area contributed by atoms with E-state index in [4.69, 9.17) is 10.9 Å². The van der Waals surface area contributed by atoms with Crippen LogP contribution in [0.4, 0.5) is 5.69 Å². The predicted octanol–water partition coefficient (Wildman–Crippen LogP) is 1.39. The van der Waals surface area contributed by atoms with E-state index in [1.165, 1.54) is 5.56 Å². The number of anilines is 1. The minimum Gasteiger partial charge on any atom is -0.411 e. The number of nitrogens with zero attached hydrogens (tertiary/aromatic N) is 1. The molecule has 12 heavy (non-hydrogen) atoms. The Balaban J connectivity index is 2.57. The molecule has 3 nitrogen and oxygen atoms in total. The summed E-state index contributed by atoms with van der Waals surface area (Å²) in [6.07, 6.45) is 1.77. The van der Waals surface area contributed by atoms with Crippen molar-refractivity contribution in [2.75, 3.05) is 5.73 Å². The van der Waals surface area contributed by atoms with Crippen LogP contribution in [-0.2, 0) is 6.42 Å². The van der Waals surface area contributed by atoms with E-state index in [1.807, 2.05) is 18.2 Å². The third-order valence-electron chi connectivity index (χ3n) is 2.20. The summed E-state index contributed by atoms with van der Waals surface area (Å²) in [5.41, 5.74) is 9.30. The Hall–Kier alpha value is -1.51. The van der Waals surface area contributed by atoms with E-state index in [9.17, 15) is 0 Å². The first-order chi connectivity index (χ1) is 5.81. The van der Waals surface area contributed by atoms with Gasteiger partial charge in [0.1, 0.15) is 0 Å². The number of oxime groups is 1. The highest BCUT2D eigenvalue weighted by atomic mass is 16.4. The summed E-state index contributed by atoms with van der Waals surface area (Å²) in [7, 11) is 0. The summed E-state index contributed by atoms with van der Waals surface area (Å²) in [5, 5.41) is 11.9. The molecule has 1 aromatic carbocycles. The lowest BCUT2D eigenvalue weighted by Gasteiger charge is -1.99. The first-order valence-electron chi connectivity index (χ1n) is 3.91. The van der Waals surface area contributed by atoms with Crippen LogP contribution >= 0.6 is 0 Å². The lowest BCUT2D eigenvalue weighted by molar-refractivity contribution is 0.318. The minimum absolute atomic E-state index is 0.719. The number of hydrogen-bond donors (Lipinski definition) is 2. The van der Waals surface area contributed by atoms with E-state index < -0.39 is 0 Å². The molecule has 0 saturated carbocycles. The molecule has 0 aromatic heterocycles. The second-order valence-corrected chi connectivity index (χ2v) is 2.96. The molecule has 0 spiro atoms. The molecular formula is C9H10N2O. The molecule has 1 aliphatic rings. The molecule has 0 amide bonds. The molecule has 2 rings (SSSR count). The van der Waals surface area contributed by atoms with E-state index >= 15 is 0 Å². The number of nitrogen functional groups attached to an aromatic ring is 1. The van der Waals surface area contributed by atoms with Crippen LogP contribution in [0.2, 0.25) is 0 Å². The highest BCUT2D eigenvalue weighted by molar-refractivity contribution is 6.04. The van der Waals surface area contributed by atoms with Crippen molar-refractivity contribution >= 4 is 11.4 Å². The second-order valence-electron chi connectivity index (χ2n) is 2.96. The van der Waals surface area contributed by atoms with E-state index in [-0.39, 0.29) is 0 Å². The maximum Gasteiger partial charge on any atom is 0.0874 e. The number of hydrogen-bond acceptors (Lipinski definition) is 3. The van der Waals surface area contributed by atoms with Gasteiger partial charge in [0.25, 0.3) is 0 Å². The Morgan fingerprint density at radius 3 is 2.92 bits per heavy atom. The van der Waals surface area contributed by atoms with Gasteiger partial charge >= 0.3 is 0 Å². The van der Waals surface area contributed by atoms with Gasteiger partial charge in [0.05, 0.1) is 5.71 Å². The third-order valence-corrected chi connectivity index (χ3v) is 2.20. The van der Waals surface area contributed by atoms with Crippen molar-refractivity contribution in [3.8, 4) is 0 Å². The van der Waals surface area contributed by atoms with Gasteiger partial charge in [0, 0.05) is 11.3 Å². The van der Waals surface area contributed by atoms with Crippen molar-refractivity contribution in [2.45, 2.75) is 12.8 Å². The molecule has 0 unspecified atom stereocenters. The predicted molar refractivity (Wildman–Crippen MR) is 47.5 cm³/mol. The zero-order chi connectivity index (χ0) is 8.55. The van der Waals surface area contributed by atoms with E-state index in [0.717, 1.165) is 29.8 Å². The quantitative estimate of drug-likeness (QED) is 0.344. The fraction of sp³-hybridized carbons (Fsp3) is 0.222. The molecule has 0 fully saturated rings.